The third-order valence-corrected chi connectivity index (χ3v) is 8.00. The number of carbonyl (C=O) groups is 2. The highest BCUT2D eigenvalue weighted by atomic mass is 35.5. The topological polar surface area (TPSA) is 52.7 Å². The van der Waals surface area contributed by atoms with E-state index in [0.29, 0.717) is 30.2 Å². The molecule has 0 aliphatic carbocycles. The second-order valence-corrected chi connectivity index (χ2v) is 10.5. The highest BCUT2D eigenvalue weighted by Gasteiger charge is 2.31. The summed E-state index contributed by atoms with van der Waals surface area (Å²) in [5, 5.41) is 5.95. The van der Waals surface area contributed by atoms with E-state index in [9.17, 15) is 9.59 Å². The number of nitrogens with one attached hydrogen (secondary N) is 1. The fourth-order valence-corrected chi connectivity index (χ4v) is 5.71. The molecule has 0 radical (unpaired) electrons. The lowest BCUT2D eigenvalue weighted by molar-refractivity contribution is -0.126. The molecule has 7 heteroatoms. The monoisotopic (exact) mass is 473 g/mol. The lowest BCUT2D eigenvalue weighted by atomic mass is 9.95. The molecule has 4 rings (SSSR count). The van der Waals surface area contributed by atoms with Crippen molar-refractivity contribution in [3.8, 4) is 0 Å². The maximum absolute atomic E-state index is 13.1. The molecule has 5 nitrogen and oxygen atoms in total. The van der Waals surface area contributed by atoms with Crippen LogP contribution in [0.5, 0.6) is 0 Å². The van der Waals surface area contributed by atoms with Gasteiger partial charge in [0.1, 0.15) is 0 Å². The first kappa shape index (κ1) is 23.3. The van der Waals surface area contributed by atoms with Crippen LogP contribution in [0.15, 0.2) is 41.8 Å². The predicted molar refractivity (Wildman–Crippen MR) is 130 cm³/mol. The van der Waals surface area contributed by atoms with Gasteiger partial charge >= 0.3 is 0 Å². The van der Waals surface area contributed by atoms with Crippen LogP contribution in [-0.2, 0) is 4.79 Å². The molecule has 3 heterocycles. The minimum Gasteiger partial charge on any atom is -0.354 e. The molecule has 2 aliphatic rings. The second kappa shape index (κ2) is 10.8. The zero-order valence-electron chi connectivity index (χ0n) is 18.6. The molecule has 32 heavy (non-hydrogen) atoms. The molecule has 172 valence electrons. The molecule has 2 unspecified atom stereocenters. The van der Waals surface area contributed by atoms with Crippen molar-refractivity contribution in [2.75, 3.05) is 32.7 Å². The number of piperidine rings is 2. The number of halogens is 1. The van der Waals surface area contributed by atoms with E-state index in [1.807, 2.05) is 0 Å². The number of benzene rings is 1. The van der Waals surface area contributed by atoms with Crippen LogP contribution in [0.4, 0.5) is 0 Å². The molecule has 2 atom stereocenters. The van der Waals surface area contributed by atoms with Crippen molar-refractivity contribution >= 4 is 34.8 Å². The van der Waals surface area contributed by atoms with Crippen molar-refractivity contribution in [1.29, 1.82) is 0 Å². The first-order chi connectivity index (χ1) is 15.5. The first-order valence-electron chi connectivity index (χ1n) is 11.6. The Bertz CT molecular complexity index is 894. The second-order valence-electron chi connectivity index (χ2n) is 9.09. The number of likely N-dealkylation sites (tertiary alicyclic amines) is 2. The van der Waals surface area contributed by atoms with Gasteiger partial charge in [-0.25, -0.2) is 0 Å². The highest BCUT2D eigenvalue weighted by Crippen LogP contribution is 2.29. The first-order valence-corrected chi connectivity index (χ1v) is 12.9. The summed E-state index contributed by atoms with van der Waals surface area (Å²) in [5.74, 6) is 0.644. The van der Waals surface area contributed by atoms with Crippen molar-refractivity contribution in [2.24, 2.45) is 11.8 Å². The lowest BCUT2D eigenvalue weighted by Crippen LogP contribution is -2.47. The van der Waals surface area contributed by atoms with Crippen LogP contribution in [0, 0.1) is 11.8 Å². The van der Waals surface area contributed by atoms with Crippen LogP contribution in [0.1, 0.15) is 53.9 Å². The minimum atomic E-state index is -0.162. The van der Waals surface area contributed by atoms with Crippen molar-refractivity contribution in [3.63, 3.8) is 0 Å². The number of thiophene rings is 1. The van der Waals surface area contributed by atoms with Gasteiger partial charge in [-0.05, 0) is 80.4 Å². The van der Waals surface area contributed by atoms with Gasteiger partial charge in [0.15, 0.2) is 0 Å². The number of rotatable bonds is 6. The van der Waals surface area contributed by atoms with Crippen LogP contribution in [0.2, 0.25) is 5.02 Å². The molecule has 2 amide bonds. The average molecular weight is 474 g/mol. The maximum Gasteiger partial charge on any atom is 0.253 e. The van der Waals surface area contributed by atoms with Crippen molar-refractivity contribution in [1.82, 2.24) is 15.1 Å². The maximum atomic E-state index is 13.1. The van der Waals surface area contributed by atoms with E-state index >= 15 is 0 Å². The van der Waals surface area contributed by atoms with Crippen LogP contribution in [0.25, 0.3) is 0 Å². The lowest BCUT2D eigenvalue weighted by Gasteiger charge is -2.37. The Labute approximate surface area is 199 Å². The summed E-state index contributed by atoms with van der Waals surface area (Å²) in [4.78, 5) is 31.6. The van der Waals surface area contributed by atoms with Crippen molar-refractivity contribution < 1.29 is 9.59 Å². The van der Waals surface area contributed by atoms with Crippen LogP contribution in [-0.4, -0.2) is 54.3 Å². The number of amides is 2. The Balaban J connectivity index is 1.35. The molecule has 2 saturated heterocycles. The molecule has 0 spiro atoms. The Morgan fingerprint density at radius 1 is 1.12 bits per heavy atom. The van der Waals surface area contributed by atoms with Gasteiger partial charge in [-0.3, -0.25) is 14.5 Å². The van der Waals surface area contributed by atoms with Gasteiger partial charge in [-0.2, -0.15) is 0 Å². The molecule has 1 N–H and O–H groups in total. The minimum absolute atomic E-state index is 0.0296. The van der Waals surface area contributed by atoms with E-state index in [2.05, 4.69) is 34.7 Å². The summed E-state index contributed by atoms with van der Waals surface area (Å²) < 4.78 is 0. The third-order valence-electron chi connectivity index (χ3n) is 6.77. The Kier molecular flexibility index (Phi) is 7.87. The van der Waals surface area contributed by atoms with Crippen LogP contribution in [0.3, 0.4) is 0 Å². The molecule has 1 aromatic heterocycles. The third kappa shape index (κ3) is 5.72. The Morgan fingerprint density at radius 3 is 2.56 bits per heavy atom. The van der Waals surface area contributed by atoms with E-state index in [1.54, 1.807) is 40.5 Å². The van der Waals surface area contributed by atoms with Gasteiger partial charge in [0, 0.05) is 35.1 Å². The summed E-state index contributed by atoms with van der Waals surface area (Å²) in [6, 6.07) is 11.4. The van der Waals surface area contributed by atoms with E-state index in [-0.39, 0.29) is 23.8 Å². The molecule has 1 aromatic carbocycles. The standard InChI is InChI=1S/C25H32ClN3O2S/c1-18-10-13-28(14-11-18)22(23-5-3-15-32-23)16-27-24(30)20-4-2-12-29(17-20)25(31)19-6-8-21(26)9-7-19/h3,5-9,15,18,20,22H,2,4,10-14,16-17H2,1H3,(H,27,30). The van der Waals surface area contributed by atoms with Gasteiger partial charge in [-0.15, -0.1) is 11.3 Å². The summed E-state index contributed by atoms with van der Waals surface area (Å²) >= 11 is 7.71. The summed E-state index contributed by atoms with van der Waals surface area (Å²) in [6.45, 7) is 6.25. The predicted octanol–water partition coefficient (Wildman–Crippen LogP) is 4.84. The summed E-state index contributed by atoms with van der Waals surface area (Å²) in [5.41, 5.74) is 0.618. The van der Waals surface area contributed by atoms with Gasteiger partial charge < -0.3 is 10.2 Å². The SMILES string of the molecule is CC1CCN(C(CNC(=O)C2CCCN(C(=O)c3ccc(Cl)cc3)C2)c2cccs2)CC1. The Morgan fingerprint density at radius 2 is 1.88 bits per heavy atom. The fraction of sp³-hybridized carbons (Fsp3) is 0.520. The fourth-order valence-electron chi connectivity index (χ4n) is 4.72. The molecule has 0 saturated carbocycles. The number of nitrogens with zero attached hydrogens (tertiary/aromatic N) is 2. The molecule has 2 aromatic rings. The summed E-state index contributed by atoms with van der Waals surface area (Å²) in [6.07, 6.45) is 4.08. The zero-order valence-corrected chi connectivity index (χ0v) is 20.2. The summed E-state index contributed by atoms with van der Waals surface area (Å²) in [7, 11) is 0. The molecule has 2 aliphatic heterocycles. The Hall–Kier alpha value is -1.89. The van der Waals surface area contributed by atoms with E-state index < -0.39 is 0 Å². The van der Waals surface area contributed by atoms with Crippen molar-refractivity contribution in [2.45, 2.75) is 38.6 Å². The number of hydrogen-bond donors (Lipinski definition) is 1. The van der Waals surface area contributed by atoms with E-state index in [0.717, 1.165) is 31.8 Å². The van der Waals surface area contributed by atoms with Crippen LogP contribution >= 0.6 is 22.9 Å². The molecule has 2 fully saturated rings. The number of hydrogen-bond acceptors (Lipinski definition) is 4. The highest BCUT2D eigenvalue weighted by molar-refractivity contribution is 7.10. The molecular weight excluding hydrogens is 442 g/mol. The van der Waals surface area contributed by atoms with E-state index in [4.69, 9.17) is 11.6 Å². The number of carbonyl (C=O) groups excluding carboxylic acids is 2. The normalized spacial score (nSPS) is 21.3. The van der Waals surface area contributed by atoms with Crippen molar-refractivity contribution in [3.05, 3.63) is 57.2 Å². The zero-order chi connectivity index (χ0) is 22.5. The van der Waals surface area contributed by atoms with E-state index in [1.165, 1.54) is 17.7 Å². The van der Waals surface area contributed by atoms with Crippen LogP contribution < -0.4 is 5.32 Å². The van der Waals surface area contributed by atoms with Gasteiger partial charge in [0.2, 0.25) is 5.91 Å². The molecule has 0 bridgehead atoms. The average Bonchev–Trinajstić information content (AvgIpc) is 3.35. The van der Waals surface area contributed by atoms with Gasteiger partial charge in [0.05, 0.1) is 12.0 Å². The van der Waals surface area contributed by atoms with Gasteiger partial charge in [-0.1, -0.05) is 24.6 Å². The quantitative estimate of drug-likeness (QED) is 0.652. The smallest absolute Gasteiger partial charge is 0.253 e. The molecular formula is C25H32ClN3O2S. The van der Waals surface area contributed by atoms with Gasteiger partial charge in [0.25, 0.3) is 5.91 Å². The largest absolute Gasteiger partial charge is 0.354 e.